The molecule has 4 heterocycles. The molecule has 46 heavy (non-hydrogen) atoms. The van der Waals surface area contributed by atoms with E-state index < -0.39 is 27.5 Å². The second-order valence-electron chi connectivity index (χ2n) is 11.8. The molecule has 10 nitrogen and oxygen atoms in total. The highest BCUT2D eigenvalue weighted by atomic mass is 35.5. The number of ether oxygens (including phenoxy) is 2. The maximum Gasteiger partial charge on any atom is 0.271 e. The van der Waals surface area contributed by atoms with Crippen LogP contribution in [0.4, 0.5) is 5.69 Å². The van der Waals surface area contributed by atoms with Gasteiger partial charge in [0.15, 0.2) is 5.54 Å². The standard InChI is InChI=1S/C34H35ClN4O6S/c1-43-25-11-13-26(14-12-25)46(41,42)39-29-15-10-24(35)21-28(29)34(33(39)40,38-19-6-9-30(38)32-36-16-20-45-32)27-8-5-7-23(31(27)44-2)22-37-17-3-4-18-37/h5,7-8,10-16,20-21,30H,3-4,6,9,17-19,22H2,1-2H3/t30-,34?/m0/s1. The number of hydrogen-bond donors (Lipinski definition) is 0. The predicted octanol–water partition coefficient (Wildman–Crippen LogP) is 5.76. The summed E-state index contributed by atoms with van der Waals surface area (Å²) in [7, 11) is -1.29. The highest BCUT2D eigenvalue weighted by Crippen LogP contribution is 2.57. The molecular formula is C34H35ClN4O6S. The van der Waals surface area contributed by atoms with E-state index in [4.69, 9.17) is 25.5 Å². The van der Waals surface area contributed by atoms with Crippen LogP contribution in [0.2, 0.25) is 5.02 Å². The van der Waals surface area contributed by atoms with Crippen molar-refractivity contribution in [1.82, 2.24) is 14.8 Å². The number of para-hydroxylation sites is 1. The van der Waals surface area contributed by atoms with E-state index in [2.05, 4.69) is 9.88 Å². The Morgan fingerprint density at radius 1 is 0.978 bits per heavy atom. The zero-order valence-electron chi connectivity index (χ0n) is 25.7. The van der Waals surface area contributed by atoms with E-state index in [0.29, 0.717) is 53.0 Å². The average molecular weight is 663 g/mol. The second kappa shape index (κ2) is 12.0. The number of methoxy groups -OCH3 is 2. The maximum absolute atomic E-state index is 15.5. The molecule has 3 aliphatic rings. The lowest BCUT2D eigenvalue weighted by Gasteiger charge is -2.41. The molecule has 0 N–H and O–H groups in total. The zero-order chi connectivity index (χ0) is 32.1. The van der Waals surface area contributed by atoms with Gasteiger partial charge in [-0.1, -0.05) is 29.8 Å². The smallest absolute Gasteiger partial charge is 0.271 e. The largest absolute Gasteiger partial charge is 0.497 e. The number of hydrogen-bond acceptors (Lipinski definition) is 9. The van der Waals surface area contributed by atoms with Crippen LogP contribution in [0.25, 0.3) is 0 Å². The summed E-state index contributed by atoms with van der Waals surface area (Å²) in [5, 5.41) is 0.374. The summed E-state index contributed by atoms with van der Waals surface area (Å²) in [6.07, 6.45) is 6.74. The Bertz CT molecular complexity index is 1860. The monoisotopic (exact) mass is 662 g/mol. The maximum atomic E-state index is 15.5. The average Bonchev–Trinajstić information content (AvgIpc) is 3.88. The minimum Gasteiger partial charge on any atom is -0.497 e. The van der Waals surface area contributed by atoms with Crippen molar-refractivity contribution in [1.29, 1.82) is 0 Å². The Balaban J connectivity index is 1.50. The van der Waals surface area contributed by atoms with E-state index in [9.17, 15) is 8.42 Å². The molecule has 240 valence electrons. The lowest BCUT2D eigenvalue weighted by molar-refractivity contribution is -0.127. The van der Waals surface area contributed by atoms with Gasteiger partial charge in [-0.2, -0.15) is 0 Å². The van der Waals surface area contributed by atoms with Crippen molar-refractivity contribution in [3.63, 3.8) is 0 Å². The van der Waals surface area contributed by atoms with Crippen molar-refractivity contribution in [2.45, 2.75) is 48.7 Å². The summed E-state index contributed by atoms with van der Waals surface area (Å²) in [6, 6.07) is 16.3. The topological polar surface area (TPSA) is 105 Å². The second-order valence-corrected chi connectivity index (χ2v) is 14.0. The molecule has 0 spiro atoms. The number of benzene rings is 3. The van der Waals surface area contributed by atoms with Gasteiger partial charge in [-0.15, -0.1) is 0 Å². The fourth-order valence-electron chi connectivity index (χ4n) is 7.37. The quantitative estimate of drug-likeness (QED) is 0.221. The molecule has 0 saturated carbocycles. The Labute approximate surface area is 273 Å². The molecule has 0 radical (unpaired) electrons. The molecule has 12 heteroatoms. The summed E-state index contributed by atoms with van der Waals surface area (Å²) in [4.78, 5) is 24.3. The van der Waals surface area contributed by atoms with E-state index in [0.717, 1.165) is 42.2 Å². The molecule has 1 aromatic heterocycles. The number of fused-ring (bicyclic) bond motifs is 1. The molecule has 7 rings (SSSR count). The first-order valence-corrected chi connectivity index (χ1v) is 17.2. The highest BCUT2D eigenvalue weighted by Gasteiger charge is 2.63. The first kappa shape index (κ1) is 30.7. The van der Waals surface area contributed by atoms with Crippen molar-refractivity contribution >= 4 is 33.2 Å². The van der Waals surface area contributed by atoms with Crippen molar-refractivity contribution in [2.24, 2.45) is 0 Å². The summed E-state index contributed by atoms with van der Waals surface area (Å²) < 4.78 is 47.2. The number of rotatable bonds is 9. The van der Waals surface area contributed by atoms with Gasteiger partial charge in [-0.3, -0.25) is 14.6 Å². The number of nitrogens with zero attached hydrogens (tertiary/aromatic N) is 4. The van der Waals surface area contributed by atoms with E-state index in [1.54, 1.807) is 43.6 Å². The fourth-order valence-corrected chi connectivity index (χ4v) is 9.00. The number of carbonyl (C=O) groups is 1. The van der Waals surface area contributed by atoms with Crippen LogP contribution in [0.3, 0.4) is 0 Å². The number of carbonyl (C=O) groups excluding carboxylic acids is 1. The van der Waals surface area contributed by atoms with Gasteiger partial charge in [-0.05, 0) is 81.2 Å². The summed E-state index contributed by atoms with van der Waals surface area (Å²) >= 11 is 6.68. The molecule has 1 unspecified atom stereocenters. The molecule has 4 aromatic rings. The Hall–Kier alpha value is -3.90. The number of halogens is 1. The van der Waals surface area contributed by atoms with Crippen LogP contribution in [0.1, 0.15) is 54.3 Å². The van der Waals surface area contributed by atoms with Crippen LogP contribution in [0.5, 0.6) is 11.5 Å². The van der Waals surface area contributed by atoms with E-state index in [-0.39, 0.29) is 10.6 Å². The van der Waals surface area contributed by atoms with Gasteiger partial charge in [0.1, 0.15) is 17.8 Å². The molecular weight excluding hydrogens is 628 g/mol. The van der Waals surface area contributed by atoms with E-state index >= 15 is 4.79 Å². The van der Waals surface area contributed by atoms with Crippen LogP contribution in [-0.2, 0) is 26.9 Å². The fraction of sp³-hybridized carbons (Fsp3) is 0.353. The highest BCUT2D eigenvalue weighted by molar-refractivity contribution is 7.93. The number of aromatic nitrogens is 1. The Morgan fingerprint density at radius 2 is 1.76 bits per heavy atom. The SMILES string of the molecule is COc1ccc(S(=O)(=O)N2C(=O)C(c3cccc(CN4CCCC4)c3OC)(N3CCC[C@H]3c3ncco3)c3cc(Cl)ccc32)cc1. The van der Waals surface area contributed by atoms with Crippen LogP contribution >= 0.6 is 11.6 Å². The molecule has 3 aliphatic heterocycles. The van der Waals surface area contributed by atoms with Gasteiger partial charge >= 0.3 is 0 Å². The zero-order valence-corrected chi connectivity index (χ0v) is 27.3. The third-order valence-corrected chi connectivity index (χ3v) is 11.3. The van der Waals surface area contributed by atoms with Gasteiger partial charge in [0, 0.05) is 34.8 Å². The van der Waals surface area contributed by atoms with Crippen molar-refractivity contribution < 1.29 is 27.1 Å². The Kier molecular flexibility index (Phi) is 8.04. The van der Waals surface area contributed by atoms with Crippen LogP contribution in [-0.4, -0.2) is 63.0 Å². The summed E-state index contributed by atoms with van der Waals surface area (Å²) in [6.45, 7) is 3.06. The van der Waals surface area contributed by atoms with Gasteiger partial charge in [0.25, 0.3) is 15.9 Å². The third kappa shape index (κ3) is 4.79. The lowest BCUT2D eigenvalue weighted by atomic mass is 9.80. The van der Waals surface area contributed by atoms with Gasteiger partial charge < -0.3 is 13.9 Å². The number of amides is 1. The number of likely N-dealkylation sites (tertiary alicyclic amines) is 2. The van der Waals surface area contributed by atoms with E-state index in [1.807, 2.05) is 23.1 Å². The molecule has 1 amide bonds. The van der Waals surface area contributed by atoms with Crippen LogP contribution in [0.15, 0.2) is 82.4 Å². The van der Waals surface area contributed by atoms with Crippen molar-refractivity contribution in [3.8, 4) is 11.5 Å². The first-order valence-electron chi connectivity index (χ1n) is 15.4. The number of sulfonamides is 1. The molecule has 3 aromatic carbocycles. The summed E-state index contributed by atoms with van der Waals surface area (Å²) in [5.41, 5.74) is 0.515. The van der Waals surface area contributed by atoms with Gasteiger partial charge in [-0.25, -0.2) is 17.7 Å². The minimum atomic E-state index is -4.40. The number of anilines is 1. The Morgan fingerprint density at radius 3 is 2.46 bits per heavy atom. The minimum absolute atomic E-state index is 0.0428. The van der Waals surface area contributed by atoms with E-state index in [1.165, 1.54) is 25.5 Å². The molecule has 2 saturated heterocycles. The van der Waals surface area contributed by atoms with Crippen molar-refractivity contribution in [2.75, 3.05) is 38.2 Å². The molecule has 2 fully saturated rings. The predicted molar refractivity (Wildman–Crippen MR) is 173 cm³/mol. The normalized spacial score (nSPS) is 22.0. The van der Waals surface area contributed by atoms with Crippen molar-refractivity contribution in [3.05, 3.63) is 101 Å². The number of oxazole rings is 1. The van der Waals surface area contributed by atoms with Gasteiger partial charge in [0.2, 0.25) is 5.89 Å². The molecule has 0 aliphatic carbocycles. The van der Waals surface area contributed by atoms with Crippen LogP contribution < -0.4 is 13.8 Å². The molecule has 0 bridgehead atoms. The van der Waals surface area contributed by atoms with Crippen LogP contribution in [0, 0.1) is 0 Å². The first-order chi connectivity index (χ1) is 22.3. The summed E-state index contributed by atoms with van der Waals surface area (Å²) in [5.74, 6) is 0.849. The van der Waals surface area contributed by atoms with Gasteiger partial charge in [0.05, 0.1) is 37.0 Å². The third-order valence-electron chi connectivity index (χ3n) is 9.36. The lowest BCUT2D eigenvalue weighted by Crippen LogP contribution is -2.54. The molecule has 2 atom stereocenters.